The molecule has 1 fully saturated rings. The van der Waals surface area contributed by atoms with Crippen LogP contribution in [0.5, 0.6) is 0 Å². The number of anilines is 1. The largest absolute Gasteiger partial charge is 0.338 e. The summed E-state index contributed by atoms with van der Waals surface area (Å²) in [5.41, 5.74) is 2.20. The number of piperidine rings is 1. The molecule has 28 heavy (non-hydrogen) atoms. The number of likely N-dealkylation sites (tertiary alicyclic amines) is 1. The third-order valence-electron chi connectivity index (χ3n) is 4.78. The molecule has 148 valence electrons. The summed E-state index contributed by atoms with van der Waals surface area (Å²) in [6.45, 7) is 3.65. The third kappa shape index (κ3) is 5.55. The van der Waals surface area contributed by atoms with E-state index in [0.717, 1.165) is 24.1 Å². The first-order valence-corrected chi connectivity index (χ1v) is 10.1. The summed E-state index contributed by atoms with van der Waals surface area (Å²) in [4.78, 5) is 26.5. The van der Waals surface area contributed by atoms with E-state index < -0.39 is 5.82 Å². The van der Waals surface area contributed by atoms with E-state index >= 15 is 0 Å². The number of amides is 3. The van der Waals surface area contributed by atoms with Gasteiger partial charge in [-0.15, -0.1) is 0 Å². The number of hydrogen-bond donors (Lipinski definition) is 2. The van der Waals surface area contributed by atoms with Crippen LogP contribution in [-0.2, 0) is 0 Å². The van der Waals surface area contributed by atoms with Gasteiger partial charge in [0.2, 0.25) is 0 Å². The highest BCUT2D eigenvalue weighted by atomic mass is 79.9. The molecule has 2 N–H and O–H groups in total. The lowest BCUT2D eigenvalue weighted by atomic mass is 9.97. The molecule has 0 radical (unpaired) electrons. The minimum atomic E-state index is -0.444. The predicted molar refractivity (Wildman–Crippen MR) is 111 cm³/mol. The van der Waals surface area contributed by atoms with Crippen molar-refractivity contribution < 1.29 is 14.0 Å². The molecule has 2 aromatic carbocycles. The van der Waals surface area contributed by atoms with E-state index in [9.17, 15) is 14.0 Å². The SMILES string of the molecule is Cc1ccc(NC(=O)NCC2CCCN(C(=O)c3cc(F)cc(Br)c3)C2)cc1. The van der Waals surface area contributed by atoms with Gasteiger partial charge in [-0.05, 0) is 56.0 Å². The molecule has 1 aliphatic heterocycles. The molecule has 1 saturated heterocycles. The van der Waals surface area contributed by atoms with Crippen LogP contribution >= 0.6 is 15.9 Å². The van der Waals surface area contributed by atoms with Crippen molar-refractivity contribution in [3.63, 3.8) is 0 Å². The van der Waals surface area contributed by atoms with Gasteiger partial charge in [0.05, 0.1) is 0 Å². The van der Waals surface area contributed by atoms with Crippen LogP contribution in [0.4, 0.5) is 14.9 Å². The van der Waals surface area contributed by atoms with Crippen molar-refractivity contribution in [3.05, 3.63) is 63.9 Å². The molecule has 0 spiro atoms. The van der Waals surface area contributed by atoms with Gasteiger partial charge in [-0.3, -0.25) is 4.79 Å². The van der Waals surface area contributed by atoms with Crippen LogP contribution in [0, 0.1) is 18.7 Å². The maximum Gasteiger partial charge on any atom is 0.319 e. The van der Waals surface area contributed by atoms with Crippen LogP contribution in [-0.4, -0.2) is 36.5 Å². The second-order valence-corrected chi connectivity index (χ2v) is 8.03. The van der Waals surface area contributed by atoms with Crippen LogP contribution in [0.2, 0.25) is 0 Å². The zero-order chi connectivity index (χ0) is 20.1. The number of halogens is 2. The highest BCUT2D eigenvalue weighted by Crippen LogP contribution is 2.21. The van der Waals surface area contributed by atoms with Gasteiger partial charge in [0.1, 0.15) is 5.82 Å². The number of benzene rings is 2. The van der Waals surface area contributed by atoms with Gasteiger partial charge in [0.25, 0.3) is 5.91 Å². The third-order valence-corrected chi connectivity index (χ3v) is 5.23. The summed E-state index contributed by atoms with van der Waals surface area (Å²) in [6, 6.07) is 11.5. The second kappa shape index (κ2) is 9.19. The molecule has 7 heteroatoms. The number of carbonyl (C=O) groups excluding carboxylic acids is 2. The van der Waals surface area contributed by atoms with Gasteiger partial charge in [0.15, 0.2) is 0 Å². The molecule has 1 unspecified atom stereocenters. The van der Waals surface area contributed by atoms with Crippen molar-refractivity contribution in [2.45, 2.75) is 19.8 Å². The average molecular weight is 448 g/mol. The molecule has 1 heterocycles. The fourth-order valence-corrected chi connectivity index (χ4v) is 3.79. The smallest absolute Gasteiger partial charge is 0.319 e. The number of aryl methyl sites for hydroxylation is 1. The second-order valence-electron chi connectivity index (χ2n) is 7.12. The highest BCUT2D eigenvalue weighted by molar-refractivity contribution is 9.10. The Hall–Kier alpha value is -2.41. The van der Waals surface area contributed by atoms with Crippen LogP contribution in [0.25, 0.3) is 0 Å². The number of nitrogens with zero attached hydrogens (tertiary/aromatic N) is 1. The van der Waals surface area contributed by atoms with Gasteiger partial charge in [-0.1, -0.05) is 33.6 Å². The Kier molecular flexibility index (Phi) is 6.67. The molecule has 1 aliphatic rings. The number of rotatable bonds is 4. The summed E-state index contributed by atoms with van der Waals surface area (Å²) in [6.07, 6.45) is 1.79. The number of carbonyl (C=O) groups is 2. The van der Waals surface area contributed by atoms with E-state index in [1.165, 1.54) is 12.1 Å². The molecule has 0 bridgehead atoms. The molecule has 0 aliphatic carbocycles. The molecular weight excluding hydrogens is 425 g/mol. The summed E-state index contributed by atoms with van der Waals surface area (Å²) in [5.74, 6) is -0.465. The summed E-state index contributed by atoms with van der Waals surface area (Å²) < 4.78 is 14.1. The Morgan fingerprint density at radius 1 is 1.21 bits per heavy atom. The van der Waals surface area contributed by atoms with Gasteiger partial charge >= 0.3 is 6.03 Å². The maximum absolute atomic E-state index is 13.6. The Morgan fingerprint density at radius 2 is 1.96 bits per heavy atom. The first kappa shape index (κ1) is 20.3. The zero-order valence-corrected chi connectivity index (χ0v) is 17.3. The zero-order valence-electron chi connectivity index (χ0n) is 15.7. The average Bonchev–Trinajstić information content (AvgIpc) is 2.67. The minimum absolute atomic E-state index is 0.165. The number of urea groups is 1. The van der Waals surface area contributed by atoms with Crippen LogP contribution in [0.1, 0.15) is 28.8 Å². The maximum atomic E-state index is 13.6. The van der Waals surface area contributed by atoms with Gasteiger partial charge in [-0.25, -0.2) is 9.18 Å². The quantitative estimate of drug-likeness (QED) is 0.720. The molecule has 3 rings (SSSR count). The Morgan fingerprint density at radius 3 is 2.68 bits per heavy atom. The Bertz CT molecular complexity index is 837. The van der Waals surface area contributed by atoms with Crippen molar-refractivity contribution in [1.29, 1.82) is 0 Å². The van der Waals surface area contributed by atoms with E-state index in [1.807, 2.05) is 31.2 Å². The van der Waals surface area contributed by atoms with E-state index in [4.69, 9.17) is 0 Å². The van der Waals surface area contributed by atoms with E-state index in [0.29, 0.717) is 29.7 Å². The lowest BCUT2D eigenvalue weighted by Gasteiger charge is -2.33. The first-order chi connectivity index (χ1) is 13.4. The van der Waals surface area contributed by atoms with Crippen molar-refractivity contribution in [1.82, 2.24) is 10.2 Å². The van der Waals surface area contributed by atoms with Gasteiger partial charge in [0, 0.05) is 35.4 Å². The van der Waals surface area contributed by atoms with E-state index in [-0.39, 0.29) is 17.9 Å². The normalized spacial score (nSPS) is 16.5. The molecule has 2 aromatic rings. The summed E-state index contributed by atoms with van der Waals surface area (Å²) in [7, 11) is 0. The summed E-state index contributed by atoms with van der Waals surface area (Å²) >= 11 is 3.22. The fourth-order valence-electron chi connectivity index (χ4n) is 3.33. The van der Waals surface area contributed by atoms with Crippen molar-refractivity contribution in [2.75, 3.05) is 25.0 Å². The fraction of sp³-hybridized carbons (Fsp3) is 0.333. The molecular formula is C21H23BrFN3O2. The lowest BCUT2D eigenvalue weighted by Crippen LogP contribution is -2.44. The highest BCUT2D eigenvalue weighted by Gasteiger charge is 2.25. The first-order valence-electron chi connectivity index (χ1n) is 9.27. The molecule has 3 amide bonds. The van der Waals surface area contributed by atoms with Crippen LogP contribution in [0.3, 0.4) is 0 Å². The monoisotopic (exact) mass is 447 g/mol. The van der Waals surface area contributed by atoms with Gasteiger partial charge < -0.3 is 15.5 Å². The van der Waals surface area contributed by atoms with Gasteiger partial charge in [-0.2, -0.15) is 0 Å². The van der Waals surface area contributed by atoms with Crippen LogP contribution in [0.15, 0.2) is 46.9 Å². The number of nitrogens with one attached hydrogen (secondary N) is 2. The van der Waals surface area contributed by atoms with Crippen molar-refractivity contribution >= 4 is 33.6 Å². The molecule has 0 saturated carbocycles. The molecule has 1 atom stereocenters. The lowest BCUT2D eigenvalue weighted by molar-refractivity contribution is 0.0674. The number of hydrogen-bond acceptors (Lipinski definition) is 2. The van der Waals surface area contributed by atoms with Crippen molar-refractivity contribution in [2.24, 2.45) is 5.92 Å². The molecule has 0 aromatic heterocycles. The molecule has 5 nitrogen and oxygen atoms in total. The predicted octanol–water partition coefficient (Wildman–Crippen LogP) is 4.57. The topological polar surface area (TPSA) is 61.4 Å². The van der Waals surface area contributed by atoms with Crippen molar-refractivity contribution in [3.8, 4) is 0 Å². The standard InChI is InChI=1S/C21H23BrFN3O2/c1-14-4-6-19(7-5-14)25-21(28)24-12-15-3-2-8-26(13-15)20(27)16-9-17(22)11-18(23)10-16/h4-7,9-11,15H,2-3,8,12-13H2,1H3,(H2,24,25,28). The Labute approximate surface area is 172 Å². The minimum Gasteiger partial charge on any atom is -0.338 e. The van der Waals surface area contributed by atoms with E-state index in [2.05, 4.69) is 26.6 Å². The Balaban J connectivity index is 1.52. The van der Waals surface area contributed by atoms with E-state index in [1.54, 1.807) is 11.0 Å². The summed E-state index contributed by atoms with van der Waals surface area (Å²) in [5, 5.41) is 5.68. The van der Waals surface area contributed by atoms with Crippen LogP contribution < -0.4 is 10.6 Å².